The SMILES string of the molecule is CCOC(=S)C(CCCCCc1ccccc1)Cc1ccccc1. The number of hydrogen-bond donors (Lipinski definition) is 0. The zero-order valence-electron chi connectivity index (χ0n) is 14.6. The minimum absolute atomic E-state index is 0.346. The lowest BCUT2D eigenvalue weighted by molar-refractivity contribution is 0.304. The fourth-order valence-corrected chi connectivity index (χ4v) is 3.32. The molecule has 128 valence electrons. The summed E-state index contributed by atoms with van der Waals surface area (Å²) in [4.78, 5) is 0. The Morgan fingerprint density at radius 3 is 2.12 bits per heavy atom. The highest BCUT2D eigenvalue weighted by Crippen LogP contribution is 2.19. The van der Waals surface area contributed by atoms with Crippen LogP contribution in [-0.2, 0) is 17.6 Å². The molecule has 0 N–H and O–H groups in total. The van der Waals surface area contributed by atoms with E-state index in [0.717, 1.165) is 17.9 Å². The highest BCUT2D eigenvalue weighted by molar-refractivity contribution is 7.80. The fourth-order valence-electron chi connectivity index (χ4n) is 3.00. The first-order chi connectivity index (χ1) is 11.8. The van der Waals surface area contributed by atoms with E-state index in [1.165, 1.54) is 36.8 Å². The van der Waals surface area contributed by atoms with Crippen molar-refractivity contribution < 1.29 is 4.74 Å². The van der Waals surface area contributed by atoms with Crippen LogP contribution in [0.5, 0.6) is 0 Å². The Morgan fingerprint density at radius 2 is 1.50 bits per heavy atom. The quantitative estimate of drug-likeness (QED) is 0.387. The lowest BCUT2D eigenvalue weighted by Crippen LogP contribution is -2.18. The van der Waals surface area contributed by atoms with Crippen LogP contribution >= 0.6 is 12.2 Å². The van der Waals surface area contributed by atoms with Crippen molar-refractivity contribution in [1.82, 2.24) is 0 Å². The molecule has 1 nitrogen and oxygen atoms in total. The maximum atomic E-state index is 5.63. The van der Waals surface area contributed by atoms with E-state index < -0.39 is 0 Å². The molecule has 1 atom stereocenters. The van der Waals surface area contributed by atoms with Gasteiger partial charge < -0.3 is 4.74 Å². The second kappa shape index (κ2) is 11.0. The summed E-state index contributed by atoms with van der Waals surface area (Å²) >= 11 is 5.51. The molecule has 2 heteroatoms. The molecule has 0 fully saturated rings. The molecule has 2 aromatic rings. The van der Waals surface area contributed by atoms with Crippen LogP contribution in [0, 0.1) is 5.92 Å². The van der Waals surface area contributed by atoms with Crippen LogP contribution in [-0.4, -0.2) is 11.7 Å². The predicted molar refractivity (Wildman–Crippen MR) is 106 cm³/mol. The summed E-state index contributed by atoms with van der Waals surface area (Å²) in [5.41, 5.74) is 2.78. The molecule has 2 rings (SSSR count). The zero-order valence-corrected chi connectivity index (χ0v) is 15.4. The molecule has 0 heterocycles. The van der Waals surface area contributed by atoms with Gasteiger partial charge >= 0.3 is 0 Å². The van der Waals surface area contributed by atoms with Crippen molar-refractivity contribution in [3.63, 3.8) is 0 Å². The molecular weight excluding hydrogens is 312 g/mol. The van der Waals surface area contributed by atoms with E-state index in [2.05, 4.69) is 60.7 Å². The summed E-state index contributed by atoms with van der Waals surface area (Å²) < 4.78 is 5.63. The van der Waals surface area contributed by atoms with E-state index in [-0.39, 0.29) is 0 Å². The Kier molecular flexibility index (Phi) is 8.54. The van der Waals surface area contributed by atoms with Gasteiger partial charge in [-0.3, -0.25) is 0 Å². The monoisotopic (exact) mass is 340 g/mol. The topological polar surface area (TPSA) is 9.23 Å². The van der Waals surface area contributed by atoms with Gasteiger partial charge in [0, 0.05) is 5.92 Å². The van der Waals surface area contributed by atoms with Crippen molar-refractivity contribution in [2.45, 2.75) is 45.4 Å². The van der Waals surface area contributed by atoms with Crippen molar-refractivity contribution >= 4 is 17.3 Å². The number of ether oxygens (including phenoxy) is 1. The second-order valence-electron chi connectivity index (χ2n) is 6.22. The third kappa shape index (κ3) is 6.84. The van der Waals surface area contributed by atoms with Crippen LogP contribution in [0.1, 0.15) is 43.7 Å². The Morgan fingerprint density at radius 1 is 0.875 bits per heavy atom. The minimum atomic E-state index is 0.346. The molecule has 24 heavy (non-hydrogen) atoms. The fraction of sp³-hybridized carbons (Fsp3) is 0.409. The molecule has 0 radical (unpaired) electrons. The third-order valence-electron chi connectivity index (χ3n) is 4.31. The number of unbranched alkanes of at least 4 members (excludes halogenated alkanes) is 2. The average Bonchev–Trinajstić information content (AvgIpc) is 2.62. The predicted octanol–water partition coefficient (Wildman–Crippen LogP) is 6.01. The van der Waals surface area contributed by atoms with E-state index in [1.807, 2.05) is 6.92 Å². The molecule has 0 saturated heterocycles. The smallest absolute Gasteiger partial charge is 0.163 e. The zero-order chi connectivity index (χ0) is 17.0. The summed E-state index contributed by atoms with van der Waals surface area (Å²) in [6, 6.07) is 21.3. The molecule has 0 amide bonds. The van der Waals surface area contributed by atoms with Crippen molar-refractivity contribution in [2.75, 3.05) is 6.61 Å². The largest absolute Gasteiger partial charge is 0.487 e. The first-order valence-electron chi connectivity index (χ1n) is 9.04. The second-order valence-corrected chi connectivity index (χ2v) is 6.63. The van der Waals surface area contributed by atoms with E-state index in [9.17, 15) is 0 Å². The molecule has 0 spiro atoms. The van der Waals surface area contributed by atoms with Crippen LogP contribution in [0.2, 0.25) is 0 Å². The third-order valence-corrected chi connectivity index (χ3v) is 4.76. The number of aryl methyl sites for hydroxylation is 1. The Bertz CT molecular complexity index is 579. The Balaban J connectivity index is 1.76. The van der Waals surface area contributed by atoms with Gasteiger partial charge in [0.05, 0.1) is 6.61 Å². The normalized spacial score (nSPS) is 11.9. The Hall–Kier alpha value is -1.67. The molecule has 2 aromatic carbocycles. The van der Waals surface area contributed by atoms with Gasteiger partial charge in [-0.05, 0) is 56.0 Å². The van der Waals surface area contributed by atoms with Gasteiger partial charge in [0.1, 0.15) is 0 Å². The van der Waals surface area contributed by atoms with Crippen LogP contribution in [0.15, 0.2) is 60.7 Å². The summed E-state index contributed by atoms with van der Waals surface area (Å²) in [5.74, 6) is 0.346. The Labute approximate surface area is 152 Å². The van der Waals surface area contributed by atoms with Crippen molar-refractivity contribution in [3.05, 3.63) is 71.8 Å². The first-order valence-corrected chi connectivity index (χ1v) is 9.45. The average molecular weight is 341 g/mol. The molecular formula is C22H28OS. The number of benzene rings is 2. The van der Waals surface area contributed by atoms with E-state index in [0.29, 0.717) is 12.5 Å². The van der Waals surface area contributed by atoms with Crippen LogP contribution in [0.3, 0.4) is 0 Å². The maximum absolute atomic E-state index is 5.63. The van der Waals surface area contributed by atoms with Crippen LogP contribution < -0.4 is 0 Å². The van der Waals surface area contributed by atoms with Crippen LogP contribution in [0.25, 0.3) is 0 Å². The highest BCUT2D eigenvalue weighted by Gasteiger charge is 2.16. The van der Waals surface area contributed by atoms with Gasteiger partial charge in [0.15, 0.2) is 5.05 Å². The summed E-state index contributed by atoms with van der Waals surface area (Å²) in [5, 5.41) is 0.782. The molecule has 0 bridgehead atoms. The minimum Gasteiger partial charge on any atom is -0.487 e. The first kappa shape index (κ1) is 18.7. The summed E-state index contributed by atoms with van der Waals surface area (Å²) in [6.45, 7) is 2.67. The molecule has 0 aromatic heterocycles. The molecule has 0 saturated carbocycles. The van der Waals surface area contributed by atoms with Gasteiger partial charge in [-0.15, -0.1) is 0 Å². The van der Waals surface area contributed by atoms with E-state index in [4.69, 9.17) is 17.0 Å². The van der Waals surface area contributed by atoms with E-state index >= 15 is 0 Å². The van der Waals surface area contributed by atoms with Crippen LogP contribution in [0.4, 0.5) is 0 Å². The number of thiocarbonyl (C=S) groups is 1. The molecule has 1 unspecified atom stereocenters. The summed E-state index contributed by atoms with van der Waals surface area (Å²) in [6.07, 6.45) is 6.96. The summed E-state index contributed by atoms with van der Waals surface area (Å²) in [7, 11) is 0. The lowest BCUT2D eigenvalue weighted by Gasteiger charge is -2.18. The molecule has 0 aliphatic carbocycles. The van der Waals surface area contributed by atoms with Crippen molar-refractivity contribution in [1.29, 1.82) is 0 Å². The lowest BCUT2D eigenvalue weighted by atomic mass is 9.93. The van der Waals surface area contributed by atoms with Gasteiger partial charge in [0.2, 0.25) is 0 Å². The molecule has 0 aliphatic heterocycles. The van der Waals surface area contributed by atoms with E-state index in [1.54, 1.807) is 0 Å². The standard InChI is InChI=1S/C22H28OS/c1-2-23-22(24)21(18-20-15-9-4-10-16-20)17-11-5-8-14-19-12-6-3-7-13-19/h3-4,6-7,9-10,12-13,15-16,21H,2,5,8,11,14,17-18H2,1H3. The maximum Gasteiger partial charge on any atom is 0.163 e. The van der Waals surface area contributed by atoms with Crippen molar-refractivity contribution in [2.24, 2.45) is 5.92 Å². The highest BCUT2D eigenvalue weighted by atomic mass is 32.1. The van der Waals surface area contributed by atoms with Gasteiger partial charge in [-0.25, -0.2) is 0 Å². The van der Waals surface area contributed by atoms with Crippen molar-refractivity contribution in [3.8, 4) is 0 Å². The van der Waals surface area contributed by atoms with Gasteiger partial charge in [-0.2, -0.15) is 0 Å². The molecule has 0 aliphatic rings. The van der Waals surface area contributed by atoms with Gasteiger partial charge in [-0.1, -0.05) is 73.5 Å². The van der Waals surface area contributed by atoms with Gasteiger partial charge in [0.25, 0.3) is 0 Å². The number of rotatable bonds is 10. The number of hydrogen-bond acceptors (Lipinski definition) is 2.